The predicted molar refractivity (Wildman–Crippen MR) is 88.4 cm³/mol. The van der Waals surface area contributed by atoms with Crippen molar-refractivity contribution in [3.8, 4) is 0 Å². The number of likely N-dealkylation sites (tertiary alicyclic amines) is 1. The van der Waals surface area contributed by atoms with Crippen molar-refractivity contribution in [1.29, 1.82) is 0 Å². The maximum Gasteiger partial charge on any atom is 0.0584 e. The van der Waals surface area contributed by atoms with Gasteiger partial charge in [-0.15, -0.1) is 0 Å². The zero-order chi connectivity index (χ0) is 14.7. The Bertz CT molecular complexity index is 467. The molecule has 0 bridgehead atoms. The molecule has 1 aliphatic carbocycles. The van der Waals surface area contributed by atoms with Crippen LogP contribution in [0.3, 0.4) is 0 Å². The minimum Gasteiger partial charge on any atom is -0.328 e. The van der Waals surface area contributed by atoms with Crippen molar-refractivity contribution in [3.05, 3.63) is 35.4 Å². The van der Waals surface area contributed by atoms with Crippen LogP contribution in [-0.4, -0.2) is 49.6 Å². The molecular weight excluding hydrogens is 258 g/mol. The van der Waals surface area contributed by atoms with Gasteiger partial charge in [-0.25, -0.2) is 0 Å². The van der Waals surface area contributed by atoms with Crippen molar-refractivity contribution in [2.45, 2.75) is 37.6 Å². The molecule has 0 amide bonds. The number of nitrogens with zero attached hydrogens (tertiary/aromatic N) is 2. The van der Waals surface area contributed by atoms with Gasteiger partial charge in [0.1, 0.15) is 0 Å². The van der Waals surface area contributed by atoms with Gasteiger partial charge < -0.3 is 10.6 Å². The van der Waals surface area contributed by atoms with Crippen LogP contribution < -0.4 is 5.73 Å². The van der Waals surface area contributed by atoms with Crippen molar-refractivity contribution in [2.24, 2.45) is 5.73 Å². The molecule has 2 aliphatic rings. The summed E-state index contributed by atoms with van der Waals surface area (Å²) in [7, 11) is 2.27. The summed E-state index contributed by atoms with van der Waals surface area (Å²) >= 11 is 0. The number of aryl methyl sites for hydroxylation is 1. The lowest BCUT2D eigenvalue weighted by Gasteiger charge is -2.46. The minimum atomic E-state index is 0.0502. The van der Waals surface area contributed by atoms with E-state index in [9.17, 15) is 0 Å². The number of hydrogen-bond donors (Lipinski definition) is 1. The third kappa shape index (κ3) is 2.87. The lowest BCUT2D eigenvalue weighted by molar-refractivity contribution is 0.0923. The Labute approximate surface area is 129 Å². The van der Waals surface area contributed by atoms with Crippen LogP contribution in [0.25, 0.3) is 0 Å². The molecule has 0 spiro atoms. The fourth-order valence-corrected chi connectivity index (χ4v) is 4.17. The molecule has 1 fully saturated rings. The van der Waals surface area contributed by atoms with E-state index in [-0.39, 0.29) is 5.54 Å². The smallest absolute Gasteiger partial charge is 0.0584 e. The van der Waals surface area contributed by atoms with Gasteiger partial charge in [-0.05, 0) is 63.4 Å². The first-order chi connectivity index (χ1) is 10.3. The molecule has 1 unspecified atom stereocenters. The van der Waals surface area contributed by atoms with E-state index in [1.54, 1.807) is 0 Å². The van der Waals surface area contributed by atoms with Crippen molar-refractivity contribution in [2.75, 3.05) is 39.8 Å². The SMILES string of the molecule is CN(CCN1CCCC1)C1(CN)CCCc2ccccc21. The zero-order valence-corrected chi connectivity index (χ0v) is 13.4. The molecule has 21 heavy (non-hydrogen) atoms. The normalized spacial score (nSPS) is 26.2. The largest absolute Gasteiger partial charge is 0.328 e. The highest BCUT2D eigenvalue weighted by atomic mass is 15.2. The third-order valence-electron chi connectivity index (χ3n) is 5.57. The fourth-order valence-electron chi connectivity index (χ4n) is 4.17. The summed E-state index contributed by atoms with van der Waals surface area (Å²) < 4.78 is 0. The van der Waals surface area contributed by atoms with Crippen LogP contribution in [0.4, 0.5) is 0 Å². The van der Waals surface area contributed by atoms with Crippen molar-refractivity contribution in [3.63, 3.8) is 0 Å². The lowest BCUT2D eigenvalue weighted by Crippen LogP contribution is -2.53. The van der Waals surface area contributed by atoms with E-state index in [2.05, 4.69) is 41.1 Å². The maximum atomic E-state index is 6.28. The molecule has 1 heterocycles. The Kier molecular flexibility index (Phi) is 4.63. The quantitative estimate of drug-likeness (QED) is 0.901. The molecule has 116 valence electrons. The Morgan fingerprint density at radius 1 is 1.19 bits per heavy atom. The lowest BCUT2D eigenvalue weighted by atomic mass is 9.75. The molecule has 0 aromatic heterocycles. The molecule has 1 saturated heterocycles. The Hall–Kier alpha value is -0.900. The topological polar surface area (TPSA) is 32.5 Å². The average Bonchev–Trinajstić information content (AvgIpc) is 3.05. The number of fused-ring (bicyclic) bond motifs is 1. The molecule has 0 saturated carbocycles. The van der Waals surface area contributed by atoms with Crippen LogP contribution >= 0.6 is 0 Å². The monoisotopic (exact) mass is 287 g/mol. The van der Waals surface area contributed by atoms with Crippen LogP contribution in [0.5, 0.6) is 0 Å². The minimum absolute atomic E-state index is 0.0502. The first-order valence-electron chi connectivity index (χ1n) is 8.48. The summed E-state index contributed by atoms with van der Waals surface area (Å²) in [5.74, 6) is 0. The molecule has 3 heteroatoms. The van der Waals surface area contributed by atoms with E-state index in [1.165, 1.54) is 62.9 Å². The molecule has 2 N–H and O–H groups in total. The number of likely N-dealkylation sites (N-methyl/N-ethyl adjacent to an activating group) is 1. The highest BCUT2D eigenvalue weighted by Gasteiger charge is 2.38. The van der Waals surface area contributed by atoms with Crippen LogP contribution in [-0.2, 0) is 12.0 Å². The fraction of sp³-hybridized carbons (Fsp3) is 0.667. The number of nitrogens with two attached hydrogens (primary N) is 1. The van der Waals surface area contributed by atoms with Gasteiger partial charge >= 0.3 is 0 Å². The summed E-state index contributed by atoms with van der Waals surface area (Å²) in [4.78, 5) is 5.12. The van der Waals surface area contributed by atoms with Gasteiger partial charge in [-0.2, -0.15) is 0 Å². The molecule has 0 radical (unpaired) electrons. The highest BCUT2D eigenvalue weighted by Crippen LogP contribution is 2.38. The van der Waals surface area contributed by atoms with E-state index >= 15 is 0 Å². The van der Waals surface area contributed by atoms with Gasteiger partial charge in [0.2, 0.25) is 0 Å². The summed E-state index contributed by atoms with van der Waals surface area (Å²) in [5.41, 5.74) is 9.31. The summed E-state index contributed by atoms with van der Waals surface area (Å²) in [5, 5.41) is 0. The van der Waals surface area contributed by atoms with Crippen molar-refractivity contribution in [1.82, 2.24) is 9.80 Å². The zero-order valence-electron chi connectivity index (χ0n) is 13.4. The van der Waals surface area contributed by atoms with Crippen LogP contribution in [0.1, 0.15) is 36.8 Å². The van der Waals surface area contributed by atoms with Gasteiger partial charge in [0.05, 0.1) is 5.54 Å². The molecule has 3 rings (SSSR count). The maximum absolute atomic E-state index is 6.28. The Morgan fingerprint density at radius 3 is 2.71 bits per heavy atom. The second-order valence-electron chi connectivity index (χ2n) is 6.72. The second kappa shape index (κ2) is 6.47. The number of hydrogen-bond acceptors (Lipinski definition) is 3. The van der Waals surface area contributed by atoms with Gasteiger partial charge in [0.25, 0.3) is 0 Å². The summed E-state index contributed by atoms with van der Waals surface area (Å²) in [6.07, 6.45) is 6.39. The van der Waals surface area contributed by atoms with E-state index < -0.39 is 0 Å². The van der Waals surface area contributed by atoms with E-state index in [4.69, 9.17) is 5.73 Å². The second-order valence-corrected chi connectivity index (χ2v) is 6.72. The molecule has 3 nitrogen and oxygen atoms in total. The van der Waals surface area contributed by atoms with E-state index in [1.807, 2.05) is 0 Å². The first-order valence-corrected chi connectivity index (χ1v) is 8.48. The standard InChI is InChI=1S/C18H29N3/c1-20(13-14-21-11-4-5-12-21)18(15-19)10-6-8-16-7-2-3-9-17(16)18/h2-3,7,9H,4-6,8,10-15,19H2,1H3. The summed E-state index contributed by atoms with van der Waals surface area (Å²) in [6, 6.07) is 8.92. The molecular formula is C18H29N3. The van der Waals surface area contributed by atoms with Crippen LogP contribution in [0.2, 0.25) is 0 Å². The number of benzene rings is 1. The Balaban J connectivity index is 1.76. The first kappa shape index (κ1) is 15.0. The number of rotatable bonds is 5. The molecule has 1 aromatic carbocycles. The van der Waals surface area contributed by atoms with Gasteiger partial charge in [-0.3, -0.25) is 4.90 Å². The molecule has 1 aliphatic heterocycles. The van der Waals surface area contributed by atoms with Gasteiger partial charge in [0.15, 0.2) is 0 Å². The average molecular weight is 287 g/mol. The summed E-state index contributed by atoms with van der Waals surface area (Å²) in [6.45, 7) is 5.58. The molecule has 1 aromatic rings. The van der Waals surface area contributed by atoms with E-state index in [0.29, 0.717) is 0 Å². The van der Waals surface area contributed by atoms with Crippen LogP contribution in [0.15, 0.2) is 24.3 Å². The van der Waals surface area contributed by atoms with Gasteiger partial charge in [-0.1, -0.05) is 24.3 Å². The molecule has 1 atom stereocenters. The van der Waals surface area contributed by atoms with Crippen molar-refractivity contribution >= 4 is 0 Å². The van der Waals surface area contributed by atoms with Crippen molar-refractivity contribution < 1.29 is 0 Å². The van der Waals surface area contributed by atoms with Gasteiger partial charge in [0, 0.05) is 19.6 Å². The van der Waals surface area contributed by atoms with E-state index in [0.717, 1.165) is 13.1 Å². The highest BCUT2D eigenvalue weighted by molar-refractivity contribution is 5.36. The third-order valence-corrected chi connectivity index (χ3v) is 5.57. The van der Waals surface area contributed by atoms with Crippen LogP contribution in [0, 0.1) is 0 Å². The predicted octanol–water partition coefficient (Wildman–Crippen LogP) is 2.20. The Morgan fingerprint density at radius 2 is 1.95 bits per heavy atom.